The van der Waals surface area contributed by atoms with E-state index in [1.165, 1.54) is 18.6 Å². The number of methoxy groups -OCH3 is 2. The van der Waals surface area contributed by atoms with Crippen LogP contribution >= 0.6 is 11.8 Å². The molecule has 1 aliphatic rings. The van der Waals surface area contributed by atoms with E-state index in [4.69, 9.17) is 14.5 Å². The fourth-order valence-electron chi connectivity index (χ4n) is 3.16. The molecule has 0 aromatic heterocycles. The predicted molar refractivity (Wildman–Crippen MR) is 115 cm³/mol. The Balaban J connectivity index is 2.08. The molecule has 1 heterocycles. The van der Waals surface area contributed by atoms with Crippen molar-refractivity contribution in [1.29, 1.82) is 0 Å². The maximum Gasteiger partial charge on any atom is 0.191 e. The SMILES string of the molecule is CCNC(=NCC(c1ccc(OC)c(OC)c1)N(C)C)NCC1CCCS1. The van der Waals surface area contributed by atoms with Gasteiger partial charge in [0.1, 0.15) is 0 Å². The third-order valence-electron chi connectivity index (χ3n) is 4.70. The van der Waals surface area contributed by atoms with Crippen LogP contribution in [0.25, 0.3) is 0 Å². The van der Waals surface area contributed by atoms with E-state index in [1.54, 1.807) is 14.2 Å². The Kier molecular flexibility index (Phi) is 9.07. The van der Waals surface area contributed by atoms with E-state index < -0.39 is 0 Å². The number of thioether (sulfide) groups is 1. The normalized spacial score (nSPS) is 18.4. The van der Waals surface area contributed by atoms with Crippen LogP contribution in [0.5, 0.6) is 11.5 Å². The van der Waals surface area contributed by atoms with E-state index in [0.717, 1.165) is 36.1 Å². The number of ether oxygens (including phenoxy) is 2. The minimum absolute atomic E-state index is 0.154. The lowest BCUT2D eigenvalue weighted by molar-refractivity contribution is 0.303. The maximum atomic E-state index is 5.46. The van der Waals surface area contributed by atoms with E-state index in [1.807, 2.05) is 12.1 Å². The molecule has 6 nitrogen and oxygen atoms in total. The second-order valence-electron chi connectivity index (χ2n) is 6.83. The van der Waals surface area contributed by atoms with Crippen LogP contribution in [0.1, 0.15) is 31.4 Å². The van der Waals surface area contributed by atoms with Gasteiger partial charge in [-0.05, 0) is 57.3 Å². The highest BCUT2D eigenvalue weighted by atomic mass is 32.2. The van der Waals surface area contributed by atoms with Gasteiger partial charge in [-0.15, -0.1) is 0 Å². The Morgan fingerprint density at radius 2 is 2.04 bits per heavy atom. The molecular weight excluding hydrogens is 360 g/mol. The van der Waals surface area contributed by atoms with Gasteiger partial charge >= 0.3 is 0 Å². The second-order valence-corrected chi connectivity index (χ2v) is 8.24. The van der Waals surface area contributed by atoms with Gasteiger partial charge in [0.15, 0.2) is 17.5 Å². The molecule has 2 rings (SSSR count). The molecule has 0 aliphatic carbocycles. The molecule has 1 aromatic carbocycles. The summed E-state index contributed by atoms with van der Waals surface area (Å²) in [6.45, 7) is 4.58. The Morgan fingerprint density at radius 3 is 2.63 bits per heavy atom. The molecule has 1 fully saturated rings. The fourth-order valence-corrected chi connectivity index (χ4v) is 4.36. The largest absolute Gasteiger partial charge is 0.493 e. The number of hydrogen-bond donors (Lipinski definition) is 2. The topological polar surface area (TPSA) is 58.1 Å². The molecule has 2 atom stereocenters. The average Bonchev–Trinajstić information content (AvgIpc) is 3.19. The number of aliphatic imine (C=N–C) groups is 1. The van der Waals surface area contributed by atoms with E-state index in [-0.39, 0.29) is 6.04 Å². The number of nitrogens with one attached hydrogen (secondary N) is 2. The van der Waals surface area contributed by atoms with Gasteiger partial charge in [0.2, 0.25) is 0 Å². The van der Waals surface area contributed by atoms with Crippen molar-refractivity contribution < 1.29 is 9.47 Å². The van der Waals surface area contributed by atoms with E-state index in [2.05, 4.69) is 54.4 Å². The number of likely N-dealkylation sites (N-methyl/N-ethyl adjacent to an activating group) is 1. The third kappa shape index (κ3) is 6.50. The lowest BCUT2D eigenvalue weighted by atomic mass is 10.1. The molecule has 2 unspecified atom stereocenters. The zero-order valence-corrected chi connectivity index (χ0v) is 18.1. The molecule has 7 heteroatoms. The minimum atomic E-state index is 0.154. The molecule has 0 spiro atoms. The first-order valence-corrected chi connectivity index (χ1v) is 10.7. The first kappa shape index (κ1) is 21.7. The Morgan fingerprint density at radius 1 is 1.26 bits per heavy atom. The van der Waals surface area contributed by atoms with Crippen molar-refractivity contribution in [1.82, 2.24) is 15.5 Å². The van der Waals surface area contributed by atoms with Crippen molar-refractivity contribution >= 4 is 17.7 Å². The van der Waals surface area contributed by atoms with Crippen molar-refractivity contribution in [3.8, 4) is 11.5 Å². The molecule has 2 N–H and O–H groups in total. The number of hydrogen-bond acceptors (Lipinski definition) is 5. The van der Waals surface area contributed by atoms with Crippen LogP contribution in [0.15, 0.2) is 23.2 Å². The van der Waals surface area contributed by atoms with Gasteiger partial charge < -0.3 is 25.0 Å². The van der Waals surface area contributed by atoms with E-state index in [9.17, 15) is 0 Å². The summed E-state index contributed by atoms with van der Waals surface area (Å²) in [4.78, 5) is 7.02. The molecule has 27 heavy (non-hydrogen) atoms. The van der Waals surface area contributed by atoms with Gasteiger partial charge in [-0.1, -0.05) is 6.07 Å². The highest BCUT2D eigenvalue weighted by Crippen LogP contribution is 2.31. The summed E-state index contributed by atoms with van der Waals surface area (Å²) >= 11 is 2.06. The van der Waals surface area contributed by atoms with Gasteiger partial charge in [-0.3, -0.25) is 4.99 Å². The molecule has 0 amide bonds. The minimum Gasteiger partial charge on any atom is -0.493 e. The number of benzene rings is 1. The Labute approximate surface area is 168 Å². The lowest BCUT2D eigenvalue weighted by Gasteiger charge is -2.24. The van der Waals surface area contributed by atoms with E-state index in [0.29, 0.717) is 11.8 Å². The molecule has 0 saturated carbocycles. The molecular formula is C20H34N4O2S. The van der Waals surface area contributed by atoms with Gasteiger partial charge in [0, 0.05) is 18.3 Å². The third-order valence-corrected chi connectivity index (χ3v) is 6.10. The summed E-state index contributed by atoms with van der Waals surface area (Å²) in [6, 6.07) is 6.22. The predicted octanol–water partition coefficient (Wildman–Crippen LogP) is 2.76. The summed E-state index contributed by atoms with van der Waals surface area (Å²) in [5.74, 6) is 3.65. The molecule has 0 radical (unpaired) electrons. The summed E-state index contributed by atoms with van der Waals surface area (Å²) in [5, 5.41) is 7.56. The molecule has 152 valence electrons. The van der Waals surface area contributed by atoms with Crippen LogP contribution < -0.4 is 20.1 Å². The van der Waals surface area contributed by atoms with Crippen LogP contribution in [0.3, 0.4) is 0 Å². The lowest BCUT2D eigenvalue weighted by Crippen LogP contribution is -2.40. The number of guanidine groups is 1. The van der Waals surface area contributed by atoms with Gasteiger partial charge in [-0.25, -0.2) is 0 Å². The van der Waals surface area contributed by atoms with Crippen LogP contribution in [0.2, 0.25) is 0 Å². The quantitative estimate of drug-likeness (QED) is 0.496. The van der Waals surface area contributed by atoms with Crippen LogP contribution in [0.4, 0.5) is 0 Å². The van der Waals surface area contributed by atoms with Crippen molar-refractivity contribution in [3.05, 3.63) is 23.8 Å². The monoisotopic (exact) mass is 394 g/mol. The molecule has 1 aliphatic heterocycles. The average molecular weight is 395 g/mol. The van der Waals surface area contributed by atoms with Crippen molar-refractivity contribution in [2.24, 2.45) is 4.99 Å². The summed E-state index contributed by atoms with van der Waals surface area (Å²) in [6.07, 6.45) is 2.62. The Hall–Kier alpha value is -1.60. The highest BCUT2D eigenvalue weighted by Gasteiger charge is 2.18. The van der Waals surface area contributed by atoms with Crippen LogP contribution in [0, 0.1) is 0 Å². The van der Waals surface area contributed by atoms with Gasteiger partial charge in [0.05, 0.1) is 26.8 Å². The number of rotatable bonds is 9. The van der Waals surface area contributed by atoms with Gasteiger partial charge in [0.25, 0.3) is 0 Å². The smallest absolute Gasteiger partial charge is 0.191 e. The van der Waals surface area contributed by atoms with Crippen molar-refractivity contribution in [2.75, 3.05) is 53.7 Å². The molecule has 1 aromatic rings. The number of nitrogens with zero attached hydrogens (tertiary/aromatic N) is 2. The van der Waals surface area contributed by atoms with E-state index >= 15 is 0 Å². The first-order valence-electron chi connectivity index (χ1n) is 9.61. The van der Waals surface area contributed by atoms with Crippen molar-refractivity contribution in [2.45, 2.75) is 31.1 Å². The summed E-state index contributed by atoms with van der Waals surface area (Å²) < 4.78 is 10.8. The first-order chi connectivity index (χ1) is 13.1. The molecule has 0 bridgehead atoms. The fraction of sp³-hybridized carbons (Fsp3) is 0.650. The van der Waals surface area contributed by atoms with Crippen LogP contribution in [-0.4, -0.2) is 69.8 Å². The van der Waals surface area contributed by atoms with Gasteiger partial charge in [-0.2, -0.15) is 11.8 Å². The highest BCUT2D eigenvalue weighted by molar-refractivity contribution is 8.00. The maximum absolute atomic E-state index is 5.46. The second kappa shape index (κ2) is 11.3. The van der Waals surface area contributed by atoms with Crippen LogP contribution in [-0.2, 0) is 0 Å². The standard InChI is InChI=1S/C20H34N4O2S/c1-6-21-20(22-13-16-8-7-11-27-16)23-14-17(24(2)3)15-9-10-18(25-4)19(12-15)26-5/h9-10,12,16-17H,6-8,11,13-14H2,1-5H3,(H2,21,22,23). The Bertz CT molecular complexity index is 604. The molecule has 1 saturated heterocycles. The van der Waals surface area contributed by atoms with Crippen molar-refractivity contribution in [3.63, 3.8) is 0 Å². The zero-order valence-electron chi connectivity index (χ0n) is 17.2. The summed E-state index contributed by atoms with van der Waals surface area (Å²) in [7, 11) is 7.47. The zero-order chi connectivity index (χ0) is 19.6. The summed E-state index contributed by atoms with van der Waals surface area (Å²) in [5.41, 5.74) is 1.16.